The first-order valence-corrected chi connectivity index (χ1v) is 8.00. The normalized spacial score (nSPS) is 13.1. The largest absolute Gasteiger partial charge is 0.508 e. The van der Waals surface area contributed by atoms with Crippen LogP contribution in [-0.4, -0.2) is 43.1 Å². The van der Waals surface area contributed by atoms with Crippen molar-refractivity contribution in [1.82, 2.24) is 0 Å². The van der Waals surface area contributed by atoms with Gasteiger partial charge in [-0.15, -0.1) is 0 Å². The fourth-order valence-electron chi connectivity index (χ4n) is 3.15. The summed E-state index contributed by atoms with van der Waals surface area (Å²) in [6.45, 7) is 1.59. The first-order chi connectivity index (χ1) is 12.8. The molecule has 0 aromatic heterocycles. The number of methoxy groups -OCH3 is 3. The summed E-state index contributed by atoms with van der Waals surface area (Å²) in [4.78, 5) is 25.3. The van der Waals surface area contributed by atoms with Crippen LogP contribution in [0, 0.1) is 6.92 Å². The Morgan fingerprint density at radius 3 is 2.00 bits per heavy atom. The lowest BCUT2D eigenvalue weighted by Crippen LogP contribution is -2.19. The molecule has 1 aliphatic carbocycles. The topological polar surface area (TPSA) is 102 Å². The molecule has 0 fully saturated rings. The van der Waals surface area contributed by atoms with E-state index in [0.29, 0.717) is 17.1 Å². The van der Waals surface area contributed by atoms with Crippen LogP contribution in [0.15, 0.2) is 30.0 Å². The van der Waals surface area contributed by atoms with Crippen molar-refractivity contribution in [3.8, 4) is 34.1 Å². The number of fused-ring (bicyclic) bond motifs is 1. The zero-order chi connectivity index (χ0) is 19.9. The van der Waals surface area contributed by atoms with Crippen molar-refractivity contribution in [3.63, 3.8) is 0 Å². The number of phenolic OH excluding ortho intramolecular Hbond substituents is 2. The molecule has 140 valence electrons. The summed E-state index contributed by atoms with van der Waals surface area (Å²) in [6, 6.07) is 4.07. The minimum absolute atomic E-state index is 0.00614. The number of Topliss-reactive ketones (excluding diaryl/α,β-unsaturated/α-hetero) is 1. The number of rotatable bonds is 4. The molecule has 0 saturated carbocycles. The fourth-order valence-corrected chi connectivity index (χ4v) is 3.15. The standard InChI is InChI=1S/C20H18O7/c1-9-12(21)5-11-19(14(23)8-17(27-4)20(11)24)18(9)10-6-15(25-2)16(26-3)7-13(10)22/h5-8,21-22H,1-4H3. The van der Waals surface area contributed by atoms with E-state index in [0.717, 1.165) is 6.08 Å². The van der Waals surface area contributed by atoms with E-state index in [1.54, 1.807) is 6.92 Å². The van der Waals surface area contributed by atoms with Crippen LogP contribution in [0.4, 0.5) is 0 Å². The number of benzene rings is 2. The van der Waals surface area contributed by atoms with Gasteiger partial charge in [-0.1, -0.05) is 0 Å². The molecule has 0 bridgehead atoms. The van der Waals surface area contributed by atoms with E-state index in [9.17, 15) is 19.8 Å². The number of carbonyl (C=O) groups is 2. The summed E-state index contributed by atoms with van der Waals surface area (Å²) in [5.74, 6) is -0.851. The lowest BCUT2D eigenvalue weighted by atomic mass is 9.83. The predicted molar refractivity (Wildman–Crippen MR) is 96.8 cm³/mol. The van der Waals surface area contributed by atoms with Crippen molar-refractivity contribution in [2.45, 2.75) is 6.92 Å². The van der Waals surface area contributed by atoms with Crippen LogP contribution in [0.1, 0.15) is 26.3 Å². The number of allylic oxidation sites excluding steroid dienone is 2. The van der Waals surface area contributed by atoms with Crippen molar-refractivity contribution in [3.05, 3.63) is 46.7 Å². The Labute approximate surface area is 155 Å². The second-order valence-corrected chi connectivity index (χ2v) is 5.95. The molecule has 0 atom stereocenters. The summed E-state index contributed by atoms with van der Waals surface area (Å²) in [6.07, 6.45) is 1.10. The maximum Gasteiger partial charge on any atom is 0.228 e. The number of aromatic hydroxyl groups is 2. The summed E-state index contributed by atoms with van der Waals surface area (Å²) in [5, 5.41) is 20.8. The van der Waals surface area contributed by atoms with Crippen molar-refractivity contribution < 1.29 is 34.0 Å². The van der Waals surface area contributed by atoms with Gasteiger partial charge in [0.1, 0.15) is 11.5 Å². The van der Waals surface area contributed by atoms with Gasteiger partial charge < -0.3 is 24.4 Å². The number of phenols is 2. The highest BCUT2D eigenvalue weighted by molar-refractivity contribution is 6.26. The van der Waals surface area contributed by atoms with Crippen LogP contribution < -0.4 is 9.47 Å². The predicted octanol–water partition coefficient (Wildman–Crippen LogP) is 3.00. The average molecular weight is 370 g/mol. The molecule has 0 aliphatic heterocycles. The van der Waals surface area contributed by atoms with E-state index >= 15 is 0 Å². The van der Waals surface area contributed by atoms with Gasteiger partial charge in [0.05, 0.1) is 21.3 Å². The van der Waals surface area contributed by atoms with Gasteiger partial charge in [-0.05, 0) is 24.6 Å². The minimum atomic E-state index is -0.524. The quantitative estimate of drug-likeness (QED) is 0.853. The summed E-state index contributed by atoms with van der Waals surface area (Å²) in [5.41, 5.74) is 0.901. The molecule has 27 heavy (non-hydrogen) atoms. The Balaban J connectivity index is 2.38. The highest BCUT2D eigenvalue weighted by atomic mass is 16.5. The maximum atomic E-state index is 12.7. The SMILES string of the molecule is COC1=CC(=O)c2c(cc(O)c(C)c2-c2cc(OC)c(OC)cc2O)C1=O. The molecule has 0 amide bonds. The third-order valence-corrected chi connectivity index (χ3v) is 4.53. The number of hydrogen-bond donors (Lipinski definition) is 2. The third-order valence-electron chi connectivity index (χ3n) is 4.53. The second kappa shape index (κ2) is 6.68. The molecule has 7 heteroatoms. The first kappa shape index (κ1) is 18.3. The number of ketones is 2. The van der Waals surface area contributed by atoms with Crippen LogP contribution >= 0.6 is 0 Å². The van der Waals surface area contributed by atoms with E-state index in [4.69, 9.17) is 14.2 Å². The van der Waals surface area contributed by atoms with Gasteiger partial charge in [0.25, 0.3) is 0 Å². The van der Waals surface area contributed by atoms with E-state index in [2.05, 4.69) is 0 Å². The van der Waals surface area contributed by atoms with Gasteiger partial charge in [0, 0.05) is 34.4 Å². The highest BCUT2D eigenvalue weighted by Gasteiger charge is 2.32. The minimum Gasteiger partial charge on any atom is -0.508 e. The van der Waals surface area contributed by atoms with Gasteiger partial charge in [-0.3, -0.25) is 9.59 Å². The van der Waals surface area contributed by atoms with Gasteiger partial charge in [0.15, 0.2) is 23.0 Å². The molecular weight excluding hydrogens is 352 g/mol. The molecule has 3 rings (SSSR count). The van der Waals surface area contributed by atoms with Crippen LogP contribution in [0.3, 0.4) is 0 Å². The van der Waals surface area contributed by atoms with Gasteiger partial charge >= 0.3 is 0 Å². The molecule has 1 aliphatic rings. The lowest BCUT2D eigenvalue weighted by molar-refractivity contribution is 0.0916. The highest BCUT2D eigenvalue weighted by Crippen LogP contribution is 2.45. The van der Waals surface area contributed by atoms with Gasteiger partial charge in [-0.2, -0.15) is 0 Å². The summed E-state index contributed by atoms with van der Waals surface area (Å²) < 4.78 is 15.4. The molecule has 7 nitrogen and oxygen atoms in total. The average Bonchev–Trinajstić information content (AvgIpc) is 2.66. The van der Waals surface area contributed by atoms with E-state index in [-0.39, 0.29) is 39.5 Å². The molecular formula is C20H18O7. The Kier molecular flexibility index (Phi) is 4.53. The number of ether oxygens (including phenoxy) is 3. The van der Waals surface area contributed by atoms with Crippen molar-refractivity contribution >= 4 is 11.6 Å². The third kappa shape index (κ3) is 2.77. The zero-order valence-electron chi connectivity index (χ0n) is 15.2. The maximum absolute atomic E-state index is 12.7. The summed E-state index contributed by atoms with van der Waals surface area (Å²) >= 11 is 0. The monoisotopic (exact) mass is 370 g/mol. The van der Waals surface area contributed by atoms with Crippen LogP contribution in [0.25, 0.3) is 11.1 Å². The second-order valence-electron chi connectivity index (χ2n) is 5.95. The van der Waals surface area contributed by atoms with Crippen molar-refractivity contribution in [2.75, 3.05) is 21.3 Å². The Morgan fingerprint density at radius 1 is 0.778 bits per heavy atom. The van der Waals surface area contributed by atoms with E-state index in [1.807, 2.05) is 0 Å². The molecule has 2 aromatic rings. The zero-order valence-corrected chi connectivity index (χ0v) is 15.2. The molecule has 0 spiro atoms. The fraction of sp³-hybridized carbons (Fsp3) is 0.200. The van der Waals surface area contributed by atoms with Crippen molar-refractivity contribution in [1.29, 1.82) is 0 Å². The molecule has 0 heterocycles. The van der Waals surface area contributed by atoms with E-state index < -0.39 is 11.6 Å². The number of hydrogen-bond acceptors (Lipinski definition) is 7. The van der Waals surface area contributed by atoms with E-state index in [1.165, 1.54) is 39.5 Å². The lowest BCUT2D eigenvalue weighted by Gasteiger charge is -2.21. The molecule has 0 unspecified atom stereocenters. The molecule has 0 radical (unpaired) electrons. The van der Waals surface area contributed by atoms with Gasteiger partial charge in [-0.25, -0.2) is 0 Å². The van der Waals surface area contributed by atoms with Crippen molar-refractivity contribution in [2.24, 2.45) is 0 Å². The van der Waals surface area contributed by atoms with Crippen LogP contribution in [-0.2, 0) is 4.74 Å². The van der Waals surface area contributed by atoms with Crippen LogP contribution in [0.2, 0.25) is 0 Å². The Morgan fingerprint density at radius 2 is 1.41 bits per heavy atom. The van der Waals surface area contributed by atoms with Crippen LogP contribution in [0.5, 0.6) is 23.0 Å². The molecule has 0 saturated heterocycles. The molecule has 2 aromatic carbocycles. The summed E-state index contributed by atoms with van der Waals surface area (Å²) in [7, 11) is 4.15. The molecule has 2 N–H and O–H groups in total. The first-order valence-electron chi connectivity index (χ1n) is 8.00. The number of carbonyl (C=O) groups excluding carboxylic acids is 2. The Bertz CT molecular complexity index is 1000. The van der Waals surface area contributed by atoms with Gasteiger partial charge in [0.2, 0.25) is 5.78 Å². The smallest absolute Gasteiger partial charge is 0.228 e. The Hall–Kier alpha value is -3.48.